The summed E-state index contributed by atoms with van der Waals surface area (Å²) >= 11 is 0. The molecular weight excluding hydrogens is 549 g/mol. The third kappa shape index (κ3) is 9.05. The maximum Gasteiger partial charge on any atom is 0.416 e. The molecule has 0 spiro atoms. The molecule has 4 rings (SSSR count). The highest BCUT2D eigenvalue weighted by atomic mass is 19.4. The number of nitrogens with zero attached hydrogens (tertiary/aromatic N) is 2. The van der Waals surface area contributed by atoms with Crippen LogP contribution in [0.1, 0.15) is 70.2 Å². The number of halogens is 3. The molecule has 43 heavy (non-hydrogen) atoms. The van der Waals surface area contributed by atoms with Crippen molar-refractivity contribution < 1.29 is 23.4 Å². The number of phenols is 2. The van der Waals surface area contributed by atoms with Crippen molar-refractivity contribution in [2.75, 3.05) is 0 Å². The number of benzene rings is 4. The number of phenolic OH excluding ortho intramolecular Hbond substituents is 2. The van der Waals surface area contributed by atoms with Gasteiger partial charge in [0.1, 0.15) is 22.9 Å². The van der Waals surface area contributed by atoms with Gasteiger partial charge in [-0.3, -0.25) is 9.98 Å². The lowest BCUT2D eigenvalue weighted by Crippen LogP contribution is -2.04. The van der Waals surface area contributed by atoms with Crippen molar-refractivity contribution in [3.05, 3.63) is 117 Å². The van der Waals surface area contributed by atoms with E-state index >= 15 is 0 Å². The molecule has 0 heterocycles. The van der Waals surface area contributed by atoms with Gasteiger partial charge < -0.3 is 10.2 Å². The first-order valence-corrected chi connectivity index (χ1v) is 14.5. The Balaban J connectivity index is 1.29. The highest BCUT2D eigenvalue weighted by Crippen LogP contribution is 2.35. The highest BCUT2D eigenvalue weighted by molar-refractivity contribution is 5.83. The Morgan fingerprint density at radius 3 is 1.42 bits per heavy atom. The van der Waals surface area contributed by atoms with E-state index in [2.05, 4.69) is 9.98 Å². The number of unbranched alkanes of at least 4 members (excludes halogenated alkanes) is 3. The monoisotopic (exact) mass is 586 g/mol. The second-order valence-electron chi connectivity index (χ2n) is 11.0. The average molecular weight is 587 g/mol. The van der Waals surface area contributed by atoms with E-state index in [1.807, 2.05) is 63.2 Å². The van der Waals surface area contributed by atoms with Crippen LogP contribution in [-0.2, 0) is 19.0 Å². The van der Waals surface area contributed by atoms with Crippen LogP contribution in [0.4, 0.5) is 24.5 Å². The Bertz CT molecular complexity index is 1590. The minimum Gasteiger partial charge on any atom is -0.505 e. The molecular formula is C36H37F3N2O2. The number of aryl methyl sites for hydroxylation is 5. The Morgan fingerprint density at radius 2 is 1.00 bits per heavy atom. The summed E-state index contributed by atoms with van der Waals surface area (Å²) in [5, 5.41) is 21.6. The minimum atomic E-state index is -4.39. The summed E-state index contributed by atoms with van der Waals surface area (Å²) in [6.07, 6.45) is 4.00. The van der Waals surface area contributed by atoms with Gasteiger partial charge in [-0.1, -0.05) is 66.9 Å². The second kappa shape index (κ2) is 14.2. The Morgan fingerprint density at radius 1 is 0.581 bits per heavy atom. The number of alkyl halides is 3. The lowest BCUT2D eigenvalue weighted by molar-refractivity contribution is -0.137. The van der Waals surface area contributed by atoms with Crippen molar-refractivity contribution in [1.82, 2.24) is 0 Å². The van der Waals surface area contributed by atoms with Gasteiger partial charge in [-0.2, -0.15) is 13.2 Å². The van der Waals surface area contributed by atoms with Gasteiger partial charge in [-0.15, -0.1) is 0 Å². The third-order valence-electron chi connectivity index (χ3n) is 7.29. The van der Waals surface area contributed by atoms with Crippen LogP contribution < -0.4 is 0 Å². The average Bonchev–Trinajstić information content (AvgIpc) is 2.96. The van der Waals surface area contributed by atoms with Crippen LogP contribution in [0.2, 0.25) is 0 Å². The van der Waals surface area contributed by atoms with E-state index in [4.69, 9.17) is 0 Å². The normalized spacial score (nSPS) is 12.0. The molecule has 4 aromatic carbocycles. The predicted octanol–water partition coefficient (Wildman–Crippen LogP) is 9.89. The molecule has 4 aromatic rings. The minimum absolute atomic E-state index is 0.0946. The molecule has 0 radical (unpaired) electrons. The fraction of sp³-hybridized carbons (Fsp3) is 0.278. The van der Waals surface area contributed by atoms with Crippen molar-refractivity contribution in [1.29, 1.82) is 0 Å². The summed E-state index contributed by atoms with van der Waals surface area (Å²) in [6.45, 7) is 5.97. The van der Waals surface area contributed by atoms with E-state index in [0.717, 1.165) is 72.1 Å². The van der Waals surface area contributed by atoms with Gasteiger partial charge in [0.15, 0.2) is 0 Å². The predicted molar refractivity (Wildman–Crippen MR) is 169 cm³/mol. The van der Waals surface area contributed by atoms with E-state index in [9.17, 15) is 23.4 Å². The van der Waals surface area contributed by atoms with E-state index in [1.165, 1.54) is 23.9 Å². The van der Waals surface area contributed by atoms with E-state index in [-0.39, 0.29) is 11.5 Å². The van der Waals surface area contributed by atoms with Crippen molar-refractivity contribution in [3.63, 3.8) is 0 Å². The van der Waals surface area contributed by atoms with E-state index < -0.39 is 11.7 Å². The molecule has 0 aliphatic carbocycles. The molecule has 0 amide bonds. The van der Waals surface area contributed by atoms with Crippen LogP contribution in [-0.4, -0.2) is 22.6 Å². The van der Waals surface area contributed by atoms with Gasteiger partial charge in [0, 0.05) is 12.4 Å². The van der Waals surface area contributed by atoms with E-state index in [0.29, 0.717) is 23.4 Å². The van der Waals surface area contributed by atoms with E-state index in [1.54, 1.807) is 12.3 Å². The zero-order valence-electron chi connectivity index (χ0n) is 24.7. The number of hydrogen-bond donors (Lipinski definition) is 2. The first-order chi connectivity index (χ1) is 20.5. The van der Waals surface area contributed by atoms with Crippen LogP contribution in [0.25, 0.3) is 0 Å². The number of hydrogen-bond acceptors (Lipinski definition) is 4. The van der Waals surface area contributed by atoms with Crippen LogP contribution in [0.3, 0.4) is 0 Å². The molecule has 0 aliphatic heterocycles. The smallest absolute Gasteiger partial charge is 0.416 e. The van der Waals surface area contributed by atoms with Crippen molar-refractivity contribution >= 4 is 23.8 Å². The zero-order valence-corrected chi connectivity index (χ0v) is 24.7. The van der Waals surface area contributed by atoms with Crippen molar-refractivity contribution in [2.24, 2.45) is 9.98 Å². The number of rotatable bonds is 11. The first-order valence-electron chi connectivity index (χ1n) is 14.5. The molecule has 2 N–H and O–H groups in total. The van der Waals surface area contributed by atoms with Crippen molar-refractivity contribution in [2.45, 2.75) is 65.5 Å². The summed E-state index contributed by atoms with van der Waals surface area (Å²) in [4.78, 5) is 8.88. The molecule has 7 heteroatoms. The molecule has 0 bridgehead atoms. The SMILES string of the molecule is Cc1ccc(C=Nc2cc(C)cc(CCCCCCc3cc(C)cc(N=Cc4ccc(C(F)(F)F)cc4)c3O)c2O)cc1. The third-order valence-corrected chi connectivity index (χ3v) is 7.29. The number of aliphatic imine (C=N–C) groups is 2. The molecule has 4 nitrogen and oxygen atoms in total. The standard InChI is InChI=1S/C36H37F3N2O2/c1-24-10-12-27(13-11-24)22-40-32-20-25(2)18-29(34(32)42)8-6-4-5-7-9-30-19-26(3)21-33(35(30)43)41-23-28-14-16-31(17-15-28)36(37,38)39/h10-23,42-43H,4-9H2,1-3H3. The molecule has 0 unspecified atom stereocenters. The summed E-state index contributed by atoms with van der Waals surface area (Å²) in [7, 11) is 0. The molecule has 224 valence electrons. The molecule has 0 saturated heterocycles. The molecule has 0 fully saturated rings. The maximum absolute atomic E-state index is 12.8. The lowest BCUT2D eigenvalue weighted by atomic mass is 9.99. The number of aromatic hydroxyl groups is 2. The summed E-state index contributed by atoms with van der Waals surface area (Å²) in [6, 6.07) is 20.4. The molecule has 0 atom stereocenters. The molecule has 0 aliphatic rings. The summed E-state index contributed by atoms with van der Waals surface area (Å²) < 4.78 is 38.4. The quantitative estimate of drug-likeness (QED) is 0.136. The van der Waals surface area contributed by atoms with Gasteiger partial charge in [0.05, 0.1) is 5.56 Å². The van der Waals surface area contributed by atoms with Gasteiger partial charge in [0.2, 0.25) is 0 Å². The Hall–Kier alpha value is -4.39. The summed E-state index contributed by atoms with van der Waals surface area (Å²) in [5.41, 5.74) is 6.61. The van der Waals surface area contributed by atoms with Gasteiger partial charge in [0.25, 0.3) is 0 Å². The Kier molecular flexibility index (Phi) is 10.4. The zero-order chi connectivity index (χ0) is 31.0. The summed E-state index contributed by atoms with van der Waals surface area (Å²) in [5.74, 6) is 0.320. The fourth-order valence-electron chi connectivity index (χ4n) is 4.93. The highest BCUT2D eigenvalue weighted by Gasteiger charge is 2.29. The lowest BCUT2D eigenvalue weighted by Gasteiger charge is -2.10. The molecule has 0 saturated carbocycles. The first kappa shape index (κ1) is 31.5. The van der Waals surface area contributed by atoms with Crippen LogP contribution >= 0.6 is 0 Å². The van der Waals surface area contributed by atoms with Gasteiger partial charge >= 0.3 is 6.18 Å². The fourth-order valence-corrected chi connectivity index (χ4v) is 4.93. The van der Waals surface area contributed by atoms with Crippen LogP contribution in [0.5, 0.6) is 11.5 Å². The maximum atomic E-state index is 12.8. The second-order valence-corrected chi connectivity index (χ2v) is 11.0. The topological polar surface area (TPSA) is 65.2 Å². The van der Waals surface area contributed by atoms with Crippen LogP contribution in [0.15, 0.2) is 82.8 Å². The Labute approximate surface area is 251 Å². The van der Waals surface area contributed by atoms with Crippen LogP contribution in [0, 0.1) is 20.8 Å². The largest absolute Gasteiger partial charge is 0.505 e. The van der Waals surface area contributed by atoms with Gasteiger partial charge in [-0.05, 0) is 104 Å². The van der Waals surface area contributed by atoms with Crippen molar-refractivity contribution in [3.8, 4) is 11.5 Å². The molecule has 0 aromatic heterocycles. The van der Waals surface area contributed by atoms with Gasteiger partial charge in [-0.25, -0.2) is 0 Å².